The molecule has 2 aliphatic rings. The molecule has 110 valence electrons. The summed E-state index contributed by atoms with van der Waals surface area (Å²) < 4.78 is 0. The summed E-state index contributed by atoms with van der Waals surface area (Å²) in [6, 6.07) is 6.13. The Kier molecular flexibility index (Phi) is 4.19. The Labute approximate surface area is 125 Å². The standard InChI is InChI=1S/C15H24N4S/c1-13-10-15(11-16,12-20-13)19-8-6-18(7-9-19)14-4-2-3-5-17-14/h2-5,13H,6-12,16H2,1H3. The van der Waals surface area contributed by atoms with Gasteiger partial charge in [0.2, 0.25) is 0 Å². The molecule has 20 heavy (non-hydrogen) atoms. The Balaban J connectivity index is 1.64. The Morgan fingerprint density at radius 3 is 2.70 bits per heavy atom. The summed E-state index contributed by atoms with van der Waals surface area (Å²) in [6.45, 7) is 7.41. The lowest BCUT2D eigenvalue weighted by atomic mass is 9.93. The maximum Gasteiger partial charge on any atom is 0.128 e. The number of pyridine rings is 1. The molecule has 2 N–H and O–H groups in total. The Bertz CT molecular complexity index is 433. The van der Waals surface area contributed by atoms with E-state index in [2.05, 4.69) is 45.6 Å². The van der Waals surface area contributed by atoms with Gasteiger partial charge in [0.1, 0.15) is 5.82 Å². The number of aromatic nitrogens is 1. The van der Waals surface area contributed by atoms with Gasteiger partial charge in [-0.2, -0.15) is 11.8 Å². The van der Waals surface area contributed by atoms with Gasteiger partial charge in [0.25, 0.3) is 0 Å². The molecule has 3 heterocycles. The van der Waals surface area contributed by atoms with E-state index in [1.165, 1.54) is 12.2 Å². The molecule has 2 atom stereocenters. The van der Waals surface area contributed by atoms with Gasteiger partial charge in [0, 0.05) is 55.5 Å². The van der Waals surface area contributed by atoms with Crippen LogP contribution in [0.2, 0.25) is 0 Å². The van der Waals surface area contributed by atoms with E-state index in [4.69, 9.17) is 5.73 Å². The Morgan fingerprint density at radius 2 is 2.15 bits per heavy atom. The minimum atomic E-state index is 0.236. The highest BCUT2D eigenvalue weighted by Crippen LogP contribution is 2.38. The smallest absolute Gasteiger partial charge is 0.128 e. The zero-order valence-corrected chi connectivity index (χ0v) is 13.0. The minimum absolute atomic E-state index is 0.236. The molecule has 1 aromatic heterocycles. The molecule has 1 aromatic rings. The molecule has 2 fully saturated rings. The van der Waals surface area contributed by atoms with Crippen LogP contribution in [0.5, 0.6) is 0 Å². The number of piperazine rings is 1. The molecule has 2 unspecified atom stereocenters. The van der Waals surface area contributed by atoms with Crippen LogP contribution < -0.4 is 10.6 Å². The van der Waals surface area contributed by atoms with Crippen LogP contribution in [0.4, 0.5) is 5.82 Å². The van der Waals surface area contributed by atoms with E-state index in [0.29, 0.717) is 0 Å². The van der Waals surface area contributed by atoms with Crippen molar-refractivity contribution >= 4 is 17.6 Å². The second kappa shape index (κ2) is 5.92. The molecule has 4 nitrogen and oxygen atoms in total. The number of rotatable bonds is 3. The molecule has 3 rings (SSSR count). The van der Waals surface area contributed by atoms with Crippen molar-refractivity contribution in [3.8, 4) is 0 Å². The molecular weight excluding hydrogens is 268 g/mol. The van der Waals surface area contributed by atoms with E-state index >= 15 is 0 Å². The number of hydrogen-bond acceptors (Lipinski definition) is 5. The summed E-state index contributed by atoms with van der Waals surface area (Å²) in [5, 5.41) is 0.743. The number of nitrogens with two attached hydrogens (primary N) is 1. The van der Waals surface area contributed by atoms with E-state index in [0.717, 1.165) is 43.8 Å². The lowest BCUT2D eigenvalue weighted by Gasteiger charge is -2.45. The Morgan fingerprint density at radius 1 is 1.35 bits per heavy atom. The maximum atomic E-state index is 6.13. The van der Waals surface area contributed by atoms with Crippen LogP contribution in [-0.2, 0) is 0 Å². The fraction of sp³-hybridized carbons (Fsp3) is 0.667. The third-order valence-electron chi connectivity index (χ3n) is 4.61. The van der Waals surface area contributed by atoms with Crippen LogP contribution in [-0.4, -0.2) is 59.1 Å². The quantitative estimate of drug-likeness (QED) is 0.913. The Hall–Kier alpha value is -0.780. The van der Waals surface area contributed by atoms with Crippen molar-refractivity contribution in [2.45, 2.75) is 24.1 Å². The topological polar surface area (TPSA) is 45.4 Å². The van der Waals surface area contributed by atoms with E-state index < -0.39 is 0 Å². The van der Waals surface area contributed by atoms with E-state index in [9.17, 15) is 0 Å². The molecule has 0 aromatic carbocycles. The van der Waals surface area contributed by atoms with Crippen LogP contribution in [0, 0.1) is 0 Å². The first-order valence-corrected chi connectivity index (χ1v) is 8.51. The van der Waals surface area contributed by atoms with E-state index in [-0.39, 0.29) is 5.54 Å². The molecule has 2 saturated heterocycles. The van der Waals surface area contributed by atoms with Crippen molar-refractivity contribution in [1.82, 2.24) is 9.88 Å². The monoisotopic (exact) mass is 292 g/mol. The maximum absolute atomic E-state index is 6.13. The lowest BCUT2D eigenvalue weighted by Crippen LogP contribution is -2.60. The van der Waals surface area contributed by atoms with Crippen molar-refractivity contribution in [3.05, 3.63) is 24.4 Å². The van der Waals surface area contributed by atoms with E-state index in [1.54, 1.807) is 0 Å². The molecule has 0 saturated carbocycles. The molecule has 0 aliphatic carbocycles. The lowest BCUT2D eigenvalue weighted by molar-refractivity contribution is 0.105. The summed E-state index contributed by atoms with van der Waals surface area (Å²) in [7, 11) is 0. The second-order valence-electron chi connectivity index (χ2n) is 5.92. The normalized spacial score (nSPS) is 31.7. The zero-order chi connectivity index (χ0) is 14.0. The summed E-state index contributed by atoms with van der Waals surface area (Å²) >= 11 is 2.07. The third-order valence-corrected chi connectivity index (χ3v) is 6.05. The first kappa shape index (κ1) is 14.2. The predicted molar refractivity (Wildman–Crippen MR) is 86.3 cm³/mol. The van der Waals surface area contributed by atoms with Gasteiger partial charge in [-0.05, 0) is 18.6 Å². The molecule has 5 heteroatoms. The van der Waals surface area contributed by atoms with Crippen LogP contribution in [0.1, 0.15) is 13.3 Å². The average molecular weight is 292 g/mol. The van der Waals surface area contributed by atoms with Crippen molar-refractivity contribution in [1.29, 1.82) is 0 Å². The van der Waals surface area contributed by atoms with Crippen LogP contribution in [0.25, 0.3) is 0 Å². The molecule has 0 amide bonds. The zero-order valence-electron chi connectivity index (χ0n) is 12.2. The van der Waals surface area contributed by atoms with Crippen molar-refractivity contribution in [2.75, 3.05) is 43.4 Å². The van der Waals surface area contributed by atoms with Crippen LogP contribution in [0.15, 0.2) is 24.4 Å². The van der Waals surface area contributed by atoms with Crippen molar-refractivity contribution in [3.63, 3.8) is 0 Å². The average Bonchev–Trinajstić information content (AvgIpc) is 2.91. The number of anilines is 1. The fourth-order valence-electron chi connectivity index (χ4n) is 3.39. The number of nitrogens with zero attached hydrogens (tertiary/aromatic N) is 3. The first-order valence-electron chi connectivity index (χ1n) is 7.46. The molecule has 0 bridgehead atoms. The highest BCUT2D eigenvalue weighted by atomic mass is 32.2. The minimum Gasteiger partial charge on any atom is -0.354 e. The van der Waals surface area contributed by atoms with Gasteiger partial charge in [-0.25, -0.2) is 4.98 Å². The second-order valence-corrected chi connectivity index (χ2v) is 7.34. The van der Waals surface area contributed by atoms with Gasteiger partial charge >= 0.3 is 0 Å². The third kappa shape index (κ3) is 2.67. The van der Waals surface area contributed by atoms with Crippen molar-refractivity contribution < 1.29 is 0 Å². The summed E-state index contributed by atoms with van der Waals surface area (Å²) in [5.74, 6) is 2.29. The fourth-order valence-corrected chi connectivity index (χ4v) is 4.83. The molecule has 0 radical (unpaired) electrons. The van der Waals surface area contributed by atoms with Gasteiger partial charge in [0.05, 0.1) is 0 Å². The highest BCUT2D eigenvalue weighted by molar-refractivity contribution is 8.00. The van der Waals surface area contributed by atoms with Gasteiger partial charge in [-0.15, -0.1) is 0 Å². The van der Waals surface area contributed by atoms with E-state index in [1.807, 2.05) is 12.3 Å². The highest BCUT2D eigenvalue weighted by Gasteiger charge is 2.42. The van der Waals surface area contributed by atoms with Gasteiger partial charge in [-0.1, -0.05) is 13.0 Å². The summed E-state index contributed by atoms with van der Waals surface area (Å²) in [5.41, 5.74) is 6.36. The molecular formula is C15H24N4S. The van der Waals surface area contributed by atoms with Crippen LogP contribution >= 0.6 is 11.8 Å². The number of hydrogen-bond donors (Lipinski definition) is 1. The van der Waals surface area contributed by atoms with Gasteiger partial charge < -0.3 is 10.6 Å². The van der Waals surface area contributed by atoms with Gasteiger partial charge in [0.15, 0.2) is 0 Å². The largest absolute Gasteiger partial charge is 0.354 e. The SMILES string of the molecule is CC1CC(CN)(N2CCN(c3ccccn3)CC2)CS1. The molecule has 2 aliphatic heterocycles. The molecule has 0 spiro atoms. The summed E-state index contributed by atoms with van der Waals surface area (Å²) in [4.78, 5) is 9.46. The van der Waals surface area contributed by atoms with Crippen molar-refractivity contribution in [2.24, 2.45) is 5.73 Å². The summed E-state index contributed by atoms with van der Waals surface area (Å²) in [6.07, 6.45) is 3.11. The first-order chi connectivity index (χ1) is 9.73. The van der Waals surface area contributed by atoms with Crippen LogP contribution in [0.3, 0.4) is 0 Å². The number of thioether (sulfide) groups is 1. The predicted octanol–water partition coefficient (Wildman–Crippen LogP) is 1.43. The van der Waals surface area contributed by atoms with Gasteiger partial charge in [-0.3, -0.25) is 4.90 Å².